The fraction of sp³-hybridized carbons (Fsp3) is 0.263. The van der Waals surface area contributed by atoms with E-state index in [1.807, 2.05) is 0 Å². The zero-order valence-electron chi connectivity index (χ0n) is 27.0. The van der Waals surface area contributed by atoms with Crippen LogP contribution >= 0.6 is 17.0 Å². The molecule has 0 N–H and O–H groups in total. The van der Waals surface area contributed by atoms with Crippen LogP contribution in [-0.2, 0) is 37.3 Å². The van der Waals surface area contributed by atoms with E-state index in [9.17, 15) is 0 Å². The first kappa shape index (κ1) is 32.7. The van der Waals surface area contributed by atoms with Crippen LogP contribution in [0.15, 0.2) is 106 Å². The first-order valence-electron chi connectivity index (χ1n) is 15.4. The molecule has 0 bridgehead atoms. The topological polar surface area (TPSA) is 0 Å². The van der Waals surface area contributed by atoms with E-state index in [0.717, 1.165) is 0 Å². The van der Waals surface area contributed by atoms with Gasteiger partial charge in [-0.25, -0.2) is 0 Å². The molecule has 2 aliphatic rings. The molecule has 0 nitrogen and oxygen atoms in total. The van der Waals surface area contributed by atoms with Gasteiger partial charge in [-0.05, 0) is 0 Å². The zero-order valence-corrected chi connectivity index (χ0v) is 33.8. The Labute approximate surface area is 279 Å². The number of hydrogen-bond donors (Lipinski definition) is 0. The third-order valence-electron chi connectivity index (χ3n) is 10.0. The van der Waals surface area contributed by atoms with Gasteiger partial charge in [-0.1, -0.05) is 0 Å². The first-order chi connectivity index (χ1) is 20.8. The van der Waals surface area contributed by atoms with Gasteiger partial charge in [0.15, 0.2) is 0 Å². The fourth-order valence-corrected chi connectivity index (χ4v) is 42.0. The summed E-state index contributed by atoms with van der Waals surface area (Å²) in [6.07, 6.45) is 13.9. The Morgan fingerprint density at radius 2 is 0.932 bits per heavy atom. The molecule has 2 atom stereocenters. The summed E-state index contributed by atoms with van der Waals surface area (Å²) < 4.78 is 0.208. The van der Waals surface area contributed by atoms with Crippen molar-refractivity contribution in [1.82, 2.24) is 0 Å². The average Bonchev–Trinajstić information content (AvgIpc) is 3.53. The van der Waals surface area contributed by atoms with Crippen LogP contribution in [0.25, 0.3) is 34.4 Å². The second-order valence-electron chi connectivity index (χ2n) is 13.3. The zero-order chi connectivity index (χ0) is 31.6. The summed E-state index contributed by atoms with van der Waals surface area (Å²) in [7, 11) is 17.4. The summed E-state index contributed by atoms with van der Waals surface area (Å²) in [6.45, 7) is 9.42. The summed E-state index contributed by atoms with van der Waals surface area (Å²) in [5.74, 6) is -1.57. The summed E-state index contributed by atoms with van der Waals surface area (Å²) >= 11 is -4.69. The number of allylic oxidation sites excluding steroid dienone is 2. The second-order valence-corrected chi connectivity index (χ2v) is 60.0. The van der Waals surface area contributed by atoms with E-state index in [4.69, 9.17) is 17.0 Å². The van der Waals surface area contributed by atoms with Crippen LogP contribution in [0.5, 0.6) is 0 Å². The van der Waals surface area contributed by atoms with Crippen molar-refractivity contribution in [2.75, 3.05) is 25.0 Å². The number of fused-ring (bicyclic) bond motifs is 2. The molecule has 0 saturated heterocycles. The van der Waals surface area contributed by atoms with Crippen molar-refractivity contribution >= 4 is 56.9 Å². The molecule has 4 aromatic carbocycles. The molecule has 4 aromatic rings. The molecule has 44 heavy (non-hydrogen) atoms. The van der Waals surface area contributed by atoms with Gasteiger partial charge in [0, 0.05) is 0 Å². The van der Waals surface area contributed by atoms with Crippen LogP contribution in [0.4, 0.5) is 0 Å². The molecule has 0 radical (unpaired) electrons. The predicted molar refractivity (Wildman–Crippen MR) is 202 cm³/mol. The van der Waals surface area contributed by atoms with E-state index in [1.54, 1.807) is 0 Å². The summed E-state index contributed by atoms with van der Waals surface area (Å²) in [5, 5.41) is 0. The van der Waals surface area contributed by atoms with E-state index >= 15 is 0 Å². The van der Waals surface area contributed by atoms with Crippen molar-refractivity contribution in [3.63, 3.8) is 0 Å². The molecule has 0 aliphatic heterocycles. The van der Waals surface area contributed by atoms with Crippen LogP contribution in [0.1, 0.15) is 43.4 Å². The van der Waals surface area contributed by atoms with Gasteiger partial charge < -0.3 is 0 Å². The standard InChI is InChI=1S/2C18H18S.C2H7Si.2ClH.Zr/c2*1-13-11-15-5-4-6-17(18(15)12-13)14-7-9-16(10-8-14)19(2)3;1-3-2;;;/h2*4-12H,1-3H3;3H,1-2H3;2*1H;/q2*+1;;;;+2/p-2. The number of halogens is 2. The van der Waals surface area contributed by atoms with Crippen LogP contribution < -0.4 is 0 Å². The van der Waals surface area contributed by atoms with Gasteiger partial charge in [-0.2, -0.15) is 0 Å². The average molecular weight is 754 g/mol. The Morgan fingerprint density at radius 3 is 1.25 bits per heavy atom. The van der Waals surface area contributed by atoms with Gasteiger partial charge >= 0.3 is 282 Å². The normalized spacial score (nSPS) is 18.7. The summed E-state index contributed by atoms with van der Waals surface area (Å²) in [6, 6.07) is 31.9. The first-order valence-corrected chi connectivity index (χ1v) is 35.8. The number of benzene rings is 4. The maximum atomic E-state index is 8.45. The quantitative estimate of drug-likeness (QED) is 0.130. The van der Waals surface area contributed by atoms with Gasteiger partial charge in [0.25, 0.3) is 0 Å². The molecule has 0 aromatic heterocycles. The fourth-order valence-electron chi connectivity index (χ4n) is 7.72. The third-order valence-corrected chi connectivity index (χ3v) is 64.7. The Balaban J connectivity index is 1.48. The van der Waals surface area contributed by atoms with Crippen LogP contribution in [0, 0.1) is 0 Å². The Bertz CT molecular complexity index is 1680. The minimum atomic E-state index is -4.69. The van der Waals surface area contributed by atoms with E-state index in [-0.39, 0.29) is 29.0 Å². The molecule has 6 rings (SSSR count). The molecule has 0 amide bonds. The van der Waals surface area contributed by atoms with Crippen LogP contribution in [-0.4, -0.2) is 30.9 Å². The third kappa shape index (κ3) is 5.25. The Morgan fingerprint density at radius 1 is 0.568 bits per heavy atom. The van der Waals surface area contributed by atoms with Gasteiger partial charge in [-0.15, -0.1) is 0 Å². The monoisotopic (exact) mass is 751 g/mol. The van der Waals surface area contributed by atoms with E-state index in [0.29, 0.717) is 0 Å². The summed E-state index contributed by atoms with van der Waals surface area (Å²) in [5.41, 5.74) is 13.1. The van der Waals surface area contributed by atoms with Crippen LogP contribution in [0.3, 0.4) is 0 Å². The molecule has 0 heterocycles. The molecule has 2 aliphatic carbocycles. The van der Waals surface area contributed by atoms with Gasteiger partial charge in [0.1, 0.15) is 0 Å². The van der Waals surface area contributed by atoms with E-state index in [2.05, 4.69) is 149 Å². The SMILES string of the molecule is CC1=Cc2c(-c3ccc([S+](C)C)cc3)cccc2[CH]1[Zr]([Cl])([Cl])([CH]1C(C)=Cc2c(-c3ccc([S+](C)C)cc3)cccc21)[SiH](C)C. The molecule has 6 heteroatoms. The van der Waals surface area contributed by atoms with Crippen molar-refractivity contribution in [3.05, 3.63) is 118 Å². The van der Waals surface area contributed by atoms with E-state index in [1.165, 1.54) is 65.4 Å². The van der Waals surface area contributed by atoms with Crippen molar-refractivity contribution < 1.29 is 15.6 Å². The van der Waals surface area contributed by atoms with Crippen molar-refractivity contribution in [2.24, 2.45) is 0 Å². The van der Waals surface area contributed by atoms with Crippen molar-refractivity contribution in [2.45, 2.75) is 44.0 Å². The number of hydrogen-bond acceptors (Lipinski definition) is 0. The van der Waals surface area contributed by atoms with Gasteiger partial charge in [0.2, 0.25) is 0 Å². The molecule has 0 saturated carbocycles. The molecule has 0 fully saturated rings. The minimum absolute atomic E-state index is 0.104. The Kier molecular flexibility index (Phi) is 8.97. The van der Waals surface area contributed by atoms with Gasteiger partial charge in [-0.3, -0.25) is 0 Å². The second kappa shape index (κ2) is 12.1. The predicted octanol–water partition coefficient (Wildman–Crippen LogP) is 11.1. The molecule has 0 spiro atoms. The van der Waals surface area contributed by atoms with E-state index < -0.39 is 21.5 Å². The number of rotatable bonds is 7. The molecule has 2 unspecified atom stereocenters. The summed E-state index contributed by atoms with van der Waals surface area (Å²) in [4.78, 5) is 2.79. The maximum absolute atomic E-state index is 8.45. The van der Waals surface area contributed by atoms with Crippen molar-refractivity contribution in [1.29, 1.82) is 0 Å². The van der Waals surface area contributed by atoms with Crippen LogP contribution in [0.2, 0.25) is 13.1 Å². The van der Waals surface area contributed by atoms with Crippen molar-refractivity contribution in [3.8, 4) is 22.3 Å². The molecular formula is C38H43Cl2S2SiZr+2. The molecule has 227 valence electrons. The Hall–Kier alpha value is -1.26. The molecular weight excluding hydrogens is 711 g/mol. The van der Waals surface area contributed by atoms with Gasteiger partial charge in [0.05, 0.1) is 0 Å².